The minimum absolute atomic E-state index is 0.278. The summed E-state index contributed by atoms with van der Waals surface area (Å²) in [5, 5.41) is 3.47. The number of ether oxygens (including phenoxy) is 2. The third-order valence-electron chi connectivity index (χ3n) is 2.68. The van der Waals surface area contributed by atoms with Gasteiger partial charge in [-0.1, -0.05) is 22.9 Å². The van der Waals surface area contributed by atoms with Gasteiger partial charge in [0, 0.05) is 23.2 Å². The van der Waals surface area contributed by atoms with E-state index in [0.29, 0.717) is 13.2 Å². The van der Waals surface area contributed by atoms with E-state index < -0.39 is 0 Å². The lowest BCUT2D eigenvalue weighted by atomic mass is 10.1. The first-order valence-corrected chi connectivity index (χ1v) is 7.13. The molecule has 0 aliphatic heterocycles. The van der Waals surface area contributed by atoms with Crippen molar-refractivity contribution in [3.05, 3.63) is 28.2 Å². The molecule has 0 heterocycles. The van der Waals surface area contributed by atoms with Crippen LogP contribution in [0.3, 0.4) is 0 Å². The second-order valence-electron chi connectivity index (χ2n) is 4.20. The summed E-state index contributed by atoms with van der Waals surface area (Å²) in [4.78, 5) is 0. The molecule has 0 bridgehead atoms. The Kier molecular flexibility index (Phi) is 7.32. The number of halogens is 1. The predicted octanol–water partition coefficient (Wildman–Crippen LogP) is 3.53. The Morgan fingerprint density at radius 1 is 1.33 bits per heavy atom. The van der Waals surface area contributed by atoms with Crippen molar-refractivity contribution >= 4 is 15.9 Å². The molecule has 0 aromatic heterocycles. The lowest BCUT2D eigenvalue weighted by Crippen LogP contribution is -2.20. The Bertz CT molecular complexity index is 358. The van der Waals surface area contributed by atoms with Gasteiger partial charge in [-0.3, -0.25) is 0 Å². The first kappa shape index (κ1) is 15.5. The van der Waals surface area contributed by atoms with Crippen LogP contribution in [0, 0.1) is 0 Å². The van der Waals surface area contributed by atoms with Crippen LogP contribution in [0.1, 0.15) is 31.9 Å². The largest absolute Gasteiger partial charge is 0.491 e. The zero-order valence-electron chi connectivity index (χ0n) is 11.3. The van der Waals surface area contributed by atoms with Gasteiger partial charge in [-0.2, -0.15) is 0 Å². The van der Waals surface area contributed by atoms with Gasteiger partial charge >= 0.3 is 0 Å². The Balaban J connectivity index is 2.75. The molecule has 18 heavy (non-hydrogen) atoms. The standard InChI is InChI=1S/C14H22BrNO2/c1-4-7-16-11(2)13-10-12(15)5-6-14(13)18-9-8-17-3/h5-6,10-11,16H,4,7-9H2,1-3H3. The molecule has 1 aromatic rings. The van der Waals surface area contributed by atoms with Crippen molar-refractivity contribution in [2.45, 2.75) is 26.3 Å². The number of hydrogen-bond acceptors (Lipinski definition) is 3. The van der Waals surface area contributed by atoms with Crippen molar-refractivity contribution in [2.24, 2.45) is 0 Å². The Hall–Kier alpha value is -0.580. The first-order valence-electron chi connectivity index (χ1n) is 6.33. The molecule has 0 saturated carbocycles. The smallest absolute Gasteiger partial charge is 0.124 e. The third kappa shape index (κ3) is 4.96. The van der Waals surface area contributed by atoms with Crippen molar-refractivity contribution in [1.82, 2.24) is 5.32 Å². The van der Waals surface area contributed by atoms with E-state index in [4.69, 9.17) is 9.47 Å². The molecule has 1 N–H and O–H groups in total. The van der Waals surface area contributed by atoms with E-state index in [9.17, 15) is 0 Å². The molecular formula is C14H22BrNO2. The number of rotatable bonds is 8. The Morgan fingerprint density at radius 3 is 2.78 bits per heavy atom. The van der Waals surface area contributed by atoms with Gasteiger partial charge in [-0.25, -0.2) is 0 Å². The average molecular weight is 316 g/mol. The Labute approximate surface area is 118 Å². The van der Waals surface area contributed by atoms with Crippen LogP contribution in [0.5, 0.6) is 5.75 Å². The van der Waals surface area contributed by atoms with Crippen molar-refractivity contribution in [2.75, 3.05) is 26.9 Å². The van der Waals surface area contributed by atoms with Gasteiger partial charge in [0.15, 0.2) is 0 Å². The lowest BCUT2D eigenvalue weighted by Gasteiger charge is -2.18. The van der Waals surface area contributed by atoms with Gasteiger partial charge < -0.3 is 14.8 Å². The molecule has 1 atom stereocenters. The van der Waals surface area contributed by atoms with Crippen LogP contribution in [-0.4, -0.2) is 26.9 Å². The van der Waals surface area contributed by atoms with Crippen LogP contribution in [0.2, 0.25) is 0 Å². The van der Waals surface area contributed by atoms with E-state index in [-0.39, 0.29) is 6.04 Å². The van der Waals surface area contributed by atoms with Crippen molar-refractivity contribution in [3.8, 4) is 5.75 Å². The molecule has 0 aliphatic carbocycles. The highest BCUT2D eigenvalue weighted by Gasteiger charge is 2.11. The molecular weight excluding hydrogens is 294 g/mol. The summed E-state index contributed by atoms with van der Waals surface area (Å²) >= 11 is 3.51. The summed E-state index contributed by atoms with van der Waals surface area (Å²) in [5.41, 5.74) is 1.17. The van der Waals surface area contributed by atoms with Gasteiger partial charge in [-0.15, -0.1) is 0 Å². The van der Waals surface area contributed by atoms with Gasteiger partial charge in [-0.05, 0) is 38.1 Å². The summed E-state index contributed by atoms with van der Waals surface area (Å²) in [6.45, 7) is 6.50. The van der Waals surface area contributed by atoms with E-state index in [1.165, 1.54) is 5.56 Å². The Morgan fingerprint density at radius 2 is 2.11 bits per heavy atom. The number of methoxy groups -OCH3 is 1. The van der Waals surface area contributed by atoms with E-state index in [0.717, 1.165) is 23.2 Å². The SMILES string of the molecule is CCCNC(C)c1cc(Br)ccc1OCCOC. The van der Waals surface area contributed by atoms with Crippen LogP contribution >= 0.6 is 15.9 Å². The van der Waals surface area contributed by atoms with Gasteiger partial charge in [0.25, 0.3) is 0 Å². The van der Waals surface area contributed by atoms with Crippen LogP contribution < -0.4 is 10.1 Å². The normalized spacial score (nSPS) is 12.4. The van der Waals surface area contributed by atoms with Crippen LogP contribution in [0.4, 0.5) is 0 Å². The predicted molar refractivity (Wildman–Crippen MR) is 78.2 cm³/mol. The highest BCUT2D eigenvalue weighted by Crippen LogP contribution is 2.28. The maximum Gasteiger partial charge on any atom is 0.124 e. The number of hydrogen-bond donors (Lipinski definition) is 1. The fourth-order valence-electron chi connectivity index (χ4n) is 1.69. The molecule has 0 amide bonds. The zero-order valence-corrected chi connectivity index (χ0v) is 12.9. The minimum atomic E-state index is 0.278. The fourth-order valence-corrected chi connectivity index (χ4v) is 2.07. The van der Waals surface area contributed by atoms with E-state index >= 15 is 0 Å². The molecule has 102 valence electrons. The monoisotopic (exact) mass is 315 g/mol. The summed E-state index contributed by atoms with van der Waals surface area (Å²) in [6.07, 6.45) is 1.12. The molecule has 0 saturated heterocycles. The number of benzene rings is 1. The van der Waals surface area contributed by atoms with Crippen molar-refractivity contribution < 1.29 is 9.47 Å². The van der Waals surface area contributed by atoms with Gasteiger partial charge in [0.1, 0.15) is 12.4 Å². The summed E-state index contributed by atoms with van der Waals surface area (Å²) < 4.78 is 11.8. The molecule has 0 aliphatic rings. The molecule has 1 aromatic carbocycles. The third-order valence-corrected chi connectivity index (χ3v) is 3.18. The topological polar surface area (TPSA) is 30.5 Å². The quantitative estimate of drug-likeness (QED) is 0.744. The molecule has 0 radical (unpaired) electrons. The summed E-state index contributed by atoms with van der Waals surface area (Å²) in [5.74, 6) is 0.923. The van der Waals surface area contributed by atoms with E-state index in [2.05, 4.69) is 41.2 Å². The molecule has 0 fully saturated rings. The number of nitrogens with one attached hydrogen (secondary N) is 1. The van der Waals surface area contributed by atoms with E-state index in [1.54, 1.807) is 7.11 Å². The molecule has 4 heteroatoms. The first-order chi connectivity index (χ1) is 8.69. The average Bonchev–Trinajstić information content (AvgIpc) is 2.38. The zero-order chi connectivity index (χ0) is 13.4. The molecule has 1 unspecified atom stereocenters. The summed E-state index contributed by atoms with van der Waals surface area (Å²) in [7, 11) is 1.68. The minimum Gasteiger partial charge on any atom is -0.491 e. The highest BCUT2D eigenvalue weighted by molar-refractivity contribution is 9.10. The van der Waals surface area contributed by atoms with Crippen LogP contribution in [-0.2, 0) is 4.74 Å². The van der Waals surface area contributed by atoms with Crippen molar-refractivity contribution in [3.63, 3.8) is 0 Å². The van der Waals surface area contributed by atoms with Crippen LogP contribution in [0.25, 0.3) is 0 Å². The summed E-state index contributed by atoms with van der Waals surface area (Å²) in [6, 6.07) is 6.38. The van der Waals surface area contributed by atoms with Gasteiger partial charge in [0.2, 0.25) is 0 Å². The van der Waals surface area contributed by atoms with Gasteiger partial charge in [0.05, 0.1) is 6.61 Å². The second kappa shape index (κ2) is 8.51. The van der Waals surface area contributed by atoms with Crippen LogP contribution in [0.15, 0.2) is 22.7 Å². The maximum atomic E-state index is 5.75. The maximum absolute atomic E-state index is 5.75. The lowest BCUT2D eigenvalue weighted by molar-refractivity contribution is 0.145. The second-order valence-corrected chi connectivity index (χ2v) is 5.11. The molecule has 0 spiro atoms. The highest BCUT2D eigenvalue weighted by atomic mass is 79.9. The van der Waals surface area contributed by atoms with Crippen molar-refractivity contribution in [1.29, 1.82) is 0 Å². The molecule has 3 nitrogen and oxygen atoms in total. The fraction of sp³-hybridized carbons (Fsp3) is 0.571. The van der Waals surface area contributed by atoms with E-state index in [1.807, 2.05) is 12.1 Å². The molecule has 1 rings (SSSR count).